The van der Waals surface area contributed by atoms with E-state index in [-0.39, 0.29) is 18.1 Å². The molecule has 94 valence electrons. The molecule has 0 radical (unpaired) electrons. The van der Waals surface area contributed by atoms with Crippen molar-refractivity contribution in [3.63, 3.8) is 0 Å². The molecule has 4 heteroatoms. The first-order chi connectivity index (χ1) is 7.60. The molecule has 0 spiro atoms. The number of nitrogens with one attached hydrogen (secondary N) is 1. The van der Waals surface area contributed by atoms with Gasteiger partial charge in [0.2, 0.25) is 5.91 Å². The maximum Gasteiger partial charge on any atom is 0.241 e. The molecule has 1 aliphatic heterocycles. The molecule has 0 aromatic heterocycles. The number of hydrogen-bond acceptors (Lipinski definition) is 3. The molecule has 2 unspecified atom stereocenters. The highest BCUT2D eigenvalue weighted by molar-refractivity contribution is 5.84. The second-order valence-corrected chi connectivity index (χ2v) is 4.80. The summed E-state index contributed by atoms with van der Waals surface area (Å²) in [6.07, 6.45) is 2.05. The van der Waals surface area contributed by atoms with Crippen molar-refractivity contribution in [2.24, 2.45) is 5.92 Å². The van der Waals surface area contributed by atoms with Crippen LogP contribution in [0.4, 0.5) is 0 Å². The zero-order valence-electron chi connectivity index (χ0n) is 10.8. The summed E-state index contributed by atoms with van der Waals surface area (Å²) in [5, 5.41) is 3.40. The molecule has 0 aromatic rings. The van der Waals surface area contributed by atoms with Crippen LogP contribution in [-0.4, -0.2) is 43.3 Å². The van der Waals surface area contributed by atoms with E-state index in [9.17, 15) is 4.79 Å². The van der Waals surface area contributed by atoms with Crippen LogP contribution >= 0.6 is 0 Å². The summed E-state index contributed by atoms with van der Waals surface area (Å²) >= 11 is 0. The fraction of sp³-hybridized carbons (Fsp3) is 0.917. The lowest BCUT2D eigenvalue weighted by Gasteiger charge is -2.25. The van der Waals surface area contributed by atoms with E-state index >= 15 is 0 Å². The third kappa shape index (κ3) is 3.19. The largest absolute Gasteiger partial charge is 0.383 e. The van der Waals surface area contributed by atoms with Crippen LogP contribution < -0.4 is 5.32 Å². The lowest BCUT2D eigenvalue weighted by molar-refractivity contribution is -0.130. The summed E-state index contributed by atoms with van der Waals surface area (Å²) in [7, 11) is 1.67. The van der Waals surface area contributed by atoms with E-state index in [4.69, 9.17) is 4.74 Å². The minimum atomic E-state index is 0.000561. The number of rotatable bonds is 6. The van der Waals surface area contributed by atoms with Gasteiger partial charge in [0.15, 0.2) is 0 Å². The second kappa shape index (κ2) is 6.21. The Labute approximate surface area is 98.3 Å². The molecule has 1 fully saturated rings. The van der Waals surface area contributed by atoms with Crippen molar-refractivity contribution in [3.8, 4) is 0 Å². The van der Waals surface area contributed by atoms with Gasteiger partial charge in [-0.25, -0.2) is 0 Å². The van der Waals surface area contributed by atoms with Gasteiger partial charge in [0, 0.05) is 13.7 Å². The molecule has 0 aromatic carbocycles. The zero-order valence-corrected chi connectivity index (χ0v) is 10.8. The van der Waals surface area contributed by atoms with Crippen LogP contribution in [0.5, 0.6) is 0 Å². The molecular weight excluding hydrogens is 204 g/mol. The smallest absolute Gasteiger partial charge is 0.241 e. The molecule has 0 saturated carbocycles. The van der Waals surface area contributed by atoms with Gasteiger partial charge in [0.1, 0.15) is 0 Å². The molecule has 16 heavy (non-hydrogen) atoms. The van der Waals surface area contributed by atoms with Gasteiger partial charge in [-0.1, -0.05) is 20.8 Å². The molecular formula is C12H24N2O2. The standard InChI is InChI=1S/C12H24N2O2/c1-5-10-12(15)14(6-7-16-4)11(13-10)8-9(2)3/h9-11,13H,5-8H2,1-4H3. The quantitative estimate of drug-likeness (QED) is 0.743. The summed E-state index contributed by atoms with van der Waals surface area (Å²) in [5.41, 5.74) is 0. The van der Waals surface area contributed by atoms with Gasteiger partial charge < -0.3 is 9.64 Å². The van der Waals surface area contributed by atoms with E-state index in [1.807, 2.05) is 11.8 Å². The fourth-order valence-electron chi connectivity index (χ4n) is 2.14. The maximum absolute atomic E-state index is 12.0. The van der Waals surface area contributed by atoms with Crippen LogP contribution in [0.1, 0.15) is 33.6 Å². The number of hydrogen-bond donors (Lipinski definition) is 1. The SMILES string of the molecule is CCC1NC(CC(C)C)N(CCOC)C1=O. The average Bonchev–Trinajstić information content (AvgIpc) is 2.52. The third-order valence-corrected chi connectivity index (χ3v) is 2.99. The van der Waals surface area contributed by atoms with Crippen molar-refractivity contribution in [2.75, 3.05) is 20.3 Å². The minimum absolute atomic E-state index is 0.000561. The van der Waals surface area contributed by atoms with Crippen molar-refractivity contribution in [1.29, 1.82) is 0 Å². The summed E-state index contributed by atoms with van der Waals surface area (Å²) in [4.78, 5) is 14.0. The molecule has 1 saturated heterocycles. The highest BCUT2D eigenvalue weighted by Crippen LogP contribution is 2.18. The Morgan fingerprint density at radius 1 is 1.50 bits per heavy atom. The van der Waals surface area contributed by atoms with Crippen molar-refractivity contribution < 1.29 is 9.53 Å². The molecule has 1 heterocycles. The molecule has 0 bridgehead atoms. The topological polar surface area (TPSA) is 41.6 Å². The first-order valence-electron chi connectivity index (χ1n) is 6.15. The summed E-state index contributed by atoms with van der Waals surface area (Å²) in [6.45, 7) is 7.70. The lowest BCUT2D eigenvalue weighted by Crippen LogP contribution is -2.40. The zero-order chi connectivity index (χ0) is 12.1. The number of amides is 1. The number of nitrogens with zero attached hydrogens (tertiary/aromatic N) is 1. The van der Waals surface area contributed by atoms with Crippen molar-refractivity contribution >= 4 is 5.91 Å². The first kappa shape index (κ1) is 13.5. The van der Waals surface area contributed by atoms with E-state index < -0.39 is 0 Å². The van der Waals surface area contributed by atoms with Gasteiger partial charge in [-0.2, -0.15) is 0 Å². The van der Waals surface area contributed by atoms with Crippen LogP contribution in [0, 0.1) is 5.92 Å². The number of carbonyl (C=O) groups excluding carboxylic acids is 1. The van der Waals surface area contributed by atoms with E-state index in [0.717, 1.165) is 12.8 Å². The molecule has 1 N–H and O–H groups in total. The van der Waals surface area contributed by atoms with Crippen molar-refractivity contribution in [1.82, 2.24) is 10.2 Å². The van der Waals surface area contributed by atoms with E-state index in [1.165, 1.54) is 0 Å². The predicted octanol–water partition coefficient (Wildman–Crippen LogP) is 1.22. The Kier molecular flexibility index (Phi) is 5.22. The van der Waals surface area contributed by atoms with Gasteiger partial charge in [0.05, 0.1) is 18.8 Å². The van der Waals surface area contributed by atoms with Crippen LogP contribution in [-0.2, 0) is 9.53 Å². The molecule has 1 aliphatic rings. The molecule has 4 nitrogen and oxygen atoms in total. The third-order valence-electron chi connectivity index (χ3n) is 2.99. The monoisotopic (exact) mass is 228 g/mol. The number of ether oxygens (including phenoxy) is 1. The van der Waals surface area contributed by atoms with Crippen LogP contribution in [0.2, 0.25) is 0 Å². The average molecular weight is 228 g/mol. The fourth-order valence-corrected chi connectivity index (χ4v) is 2.14. The summed E-state index contributed by atoms with van der Waals surface area (Å²) in [5.74, 6) is 0.816. The first-order valence-corrected chi connectivity index (χ1v) is 6.15. The Hall–Kier alpha value is -0.610. The van der Waals surface area contributed by atoms with Gasteiger partial charge in [-0.15, -0.1) is 0 Å². The van der Waals surface area contributed by atoms with Gasteiger partial charge in [-0.3, -0.25) is 10.1 Å². The summed E-state index contributed by atoms with van der Waals surface area (Å²) < 4.78 is 5.05. The van der Waals surface area contributed by atoms with E-state index in [0.29, 0.717) is 19.1 Å². The van der Waals surface area contributed by atoms with Crippen molar-refractivity contribution in [3.05, 3.63) is 0 Å². The Morgan fingerprint density at radius 3 is 2.69 bits per heavy atom. The Balaban J connectivity index is 2.61. The highest BCUT2D eigenvalue weighted by atomic mass is 16.5. The second-order valence-electron chi connectivity index (χ2n) is 4.80. The lowest BCUT2D eigenvalue weighted by atomic mass is 10.1. The van der Waals surface area contributed by atoms with Gasteiger partial charge in [-0.05, 0) is 18.8 Å². The highest BCUT2D eigenvalue weighted by Gasteiger charge is 2.37. The summed E-state index contributed by atoms with van der Waals surface area (Å²) in [6, 6.07) is 0.000561. The minimum Gasteiger partial charge on any atom is -0.383 e. The number of methoxy groups -OCH3 is 1. The Bertz CT molecular complexity index is 231. The van der Waals surface area contributed by atoms with Crippen molar-refractivity contribution in [2.45, 2.75) is 45.8 Å². The number of carbonyl (C=O) groups is 1. The normalized spacial score (nSPS) is 25.8. The molecule has 0 aliphatic carbocycles. The maximum atomic E-state index is 12.0. The molecule has 2 atom stereocenters. The van der Waals surface area contributed by atoms with Gasteiger partial charge in [0.25, 0.3) is 0 Å². The van der Waals surface area contributed by atoms with E-state index in [2.05, 4.69) is 19.2 Å². The molecule has 1 amide bonds. The molecule has 1 rings (SSSR count). The van der Waals surface area contributed by atoms with Crippen LogP contribution in [0.15, 0.2) is 0 Å². The van der Waals surface area contributed by atoms with E-state index in [1.54, 1.807) is 7.11 Å². The van der Waals surface area contributed by atoms with Crippen LogP contribution in [0.25, 0.3) is 0 Å². The van der Waals surface area contributed by atoms with Gasteiger partial charge >= 0.3 is 0 Å². The predicted molar refractivity (Wildman–Crippen MR) is 64.0 cm³/mol. The van der Waals surface area contributed by atoms with Crippen LogP contribution in [0.3, 0.4) is 0 Å². The Morgan fingerprint density at radius 2 is 2.19 bits per heavy atom.